The van der Waals surface area contributed by atoms with Crippen LogP contribution in [0.4, 0.5) is 0 Å². The Morgan fingerprint density at radius 2 is 1.94 bits per heavy atom. The first kappa shape index (κ1) is 25.9. The zero-order valence-electron chi connectivity index (χ0n) is 19.1. The lowest BCUT2D eigenvalue weighted by atomic mass is 9.87. The number of primary amides is 1. The van der Waals surface area contributed by atoms with Crippen molar-refractivity contribution >= 4 is 35.8 Å². The van der Waals surface area contributed by atoms with E-state index >= 15 is 0 Å². The summed E-state index contributed by atoms with van der Waals surface area (Å²) in [4.78, 5) is 18.7. The van der Waals surface area contributed by atoms with E-state index < -0.39 is 0 Å². The topological polar surface area (TPSA) is 82.8 Å². The van der Waals surface area contributed by atoms with Gasteiger partial charge < -0.3 is 16.4 Å². The number of nitrogens with zero attached hydrogens (tertiary/aromatic N) is 2. The van der Waals surface area contributed by atoms with Gasteiger partial charge in [0.1, 0.15) is 0 Å². The van der Waals surface area contributed by atoms with Gasteiger partial charge in [0.05, 0.1) is 12.5 Å². The highest BCUT2D eigenvalue weighted by Crippen LogP contribution is 2.23. The number of carbonyl (C=O) groups is 1. The molecule has 0 radical (unpaired) electrons. The van der Waals surface area contributed by atoms with Crippen molar-refractivity contribution in [2.24, 2.45) is 22.6 Å². The number of rotatable bonds is 7. The molecule has 1 saturated heterocycles. The van der Waals surface area contributed by atoms with Gasteiger partial charge in [-0.15, -0.1) is 24.0 Å². The predicted octanol–water partition coefficient (Wildman–Crippen LogP) is 3.64. The lowest BCUT2D eigenvalue weighted by Crippen LogP contribution is -2.44. The molecule has 1 unspecified atom stereocenters. The van der Waals surface area contributed by atoms with Crippen LogP contribution >= 0.6 is 24.0 Å². The van der Waals surface area contributed by atoms with Gasteiger partial charge in [0, 0.05) is 25.7 Å². The number of amides is 1. The maximum atomic E-state index is 11.5. The second-order valence-electron chi connectivity index (χ2n) is 9.09. The molecule has 4 N–H and O–H groups in total. The molecular formula is C24H40IN5O. The van der Waals surface area contributed by atoms with Crippen molar-refractivity contribution in [3.8, 4) is 0 Å². The number of carbonyl (C=O) groups excluding carboxylic acids is 1. The third-order valence-electron chi connectivity index (χ3n) is 6.43. The molecule has 0 aromatic heterocycles. The van der Waals surface area contributed by atoms with Crippen molar-refractivity contribution in [3.05, 3.63) is 35.4 Å². The van der Waals surface area contributed by atoms with Crippen molar-refractivity contribution < 1.29 is 4.79 Å². The molecule has 0 bridgehead atoms. The number of piperidine rings is 1. The summed E-state index contributed by atoms with van der Waals surface area (Å²) in [6.45, 7) is 8.65. The van der Waals surface area contributed by atoms with E-state index in [0.29, 0.717) is 12.6 Å². The maximum absolute atomic E-state index is 11.5. The monoisotopic (exact) mass is 541 g/mol. The molecule has 1 aromatic carbocycles. The fraction of sp³-hybridized carbons (Fsp3) is 0.667. The Labute approximate surface area is 204 Å². The molecule has 1 saturated carbocycles. The Morgan fingerprint density at radius 3 is 2.65 bits per heavy atom. The minimum atomic E-state index is -0.168. The highest BCUT2D eigenvalue weighted by Gasteiger charge is 2.24. The highest BCUT2D eigenvalue weighted by atomic mass is 127. The van der Waals surface area contributed by atoms with Crippen LogP contribution in [0.2, 0.25) is 0 Å². The SMILES string of the molecule is CCNC(=NCc1cccc(CN2CCCC(C(N)=O)C2)c1)NC1CCC(C)CC1.I. The summed E-state index contributed by atoms with van der Waals surface area (Å²) in [6.07, 6.45) is 7.00. The summed E-state index contributed by atoms with van der Waals surface area (Å²) in [6, 6.07) is 9.18. The Bertz CT molecular complexity index is 718. The maximum Gasteiger partial charge on any atom is 0.221 e. The molecule has 7 heteroatoms. The Kier molecular flexibility index (Phi) is 11.1. The second kappa shape index (κ2) is 13.3. The summed E-state index contributed by atoms with van der Waals surface area (Å²) >= 11 is 0. The number of nitrogens with two attached hydrogens (primary N) is 1. The highest BCUT2D eigenvalue weighted by molar-refractivity contribution is 14.0. The first-order chi connectivity index (χ1) is 14.5. The van der Waals surface area contributed by atoms with Gasteiger partial charge in [0.15, 0.2) is 5.96 Å². The molecule has 1 atom stereocenters. The summed E-state index contributed by atoms with van der Waals surface area (Å²) in [5.74, 6) is 1.59. The number of likely N-dealkylation sites (tertiary alicyclic amines) is 1. The summed E-state index contributed by atoms with van der Waals surface area (Å²) < 4.78 is 0. The van der Waals surface area contributed by atoms with Crippen LogP contribution in [0.5, 0.6) is 0 Å². The number of hydrogen-bond donors (Lipinski definition) is 3. The molecule has 1 aliphatic heterocycles. The third-order valence-corrected chi connectivity index (χ3v) is 6.43. The molecular weight excluding hydrogens is 501 g/mol. The van der Waals surface area contributed by atoms with Gasteiger partial charge >= 0.3 is 0 Å². The largest absolute Gasteiger partial charge is 0.369 e. The molecule has 0 spiro atoms. The van der Waals surface area contributed by atoms with Gasteiger partial charge in [-0.25, -0.2) is 4.99 Å². The van der Waals surface area contributed by atoms with Crippen LogP contribution in [-0.4, -0.2) is 42.4 Å². The van der Waals surface area contributed by atoms with Gasteiger partial charge in [-0.1, -0.05) is 31.2 Å². The molecule has 1 heterocycles. The van der Waals surface area contributed by atoms with Gasteiger partial charge in [-0.2, -0.15) is 0 Å². The molecule has 2 aliphatic rings. The van der Waals surface area contributed by atoms with E-state index in [0.717, 1.165) is 50.9 Å². The van der Waals surface area contributed by atoms with Crippen LogP contribution in [0.25, 0.3) is 0 Å². The summed E-state index contributed by atoms with van der Waals surface area (Å²) in [7, 11) is 0. The van der Waals surface area contributed by atoms with E-state index in [2.05, 4.69) is 53.6 Å². The fourth-order valence-corrected chi connectivity index (χ4v) is 4.60. The van der Waals surface area contributed by atoms with Gasteiger partial charge in [-0.05, 0) is 69.0 Å². The average molecular weight is 542 g/mol. The molecule has 1 aromatic rings. The lowest BCUT2D eigenvalue weighted by molar-refractivity contribution is -0.123. The van der Waals surface area contributed by atoms with Crippen molar-refractivity contribution in [1.82, 2.24) is 15.5 Å². The molecule has 1 aliphatic carbocycles. The summed E-state index contributed by atoms with van der Waals surface area (Å²) in [5, 5.41) is 7.02. The Hall–Kier alpha value is -1.35. The molecule has 2 fully saturated rings. The Balaban J connectivity index is 0.00000341. The third kappa shape index (κ3) is 8.60. The number of hydrogen-bond acceptors (Lipinski definition) is 3. The van der Waals surface area contributed by atoms with Gasteiger partial charge in [-0.3, -0.25) is 9.69 Å². The predicted molar refractivity (Wildman–Crippen MR) is 138 cm³/mol. The van der Waals surface area contributed by atoms with E-state index in [1.165, 1.54) is 36.8 Å². The average Bonchev–Trinajstić information content (AvgIpc) is 2.74. The minimum absolute atomic E-state index is 0. The first-order valence-electron chi connectivity index (χ1n) is 11.7. The molecule has 31 heavy (non-hydrogen) atoms. The number of halogens is 1. The number of benzene rings is 1. The summed E-state index contributed by atoms with van der Waals surface area (Å²) in [5.41, 5.74) is 8.00. The van der Waals surface area contributed by atoms with Crippen molar-refractivity contribution in [2.75, 3.05) is 19.6 Å². The molecule has 1 amide bonds. The fourth-order valence-electron chi connectivity index (χ4n) is 4.60. The number of guanidine groups is 1. The normalized spacial score (nSPS) is 24.8. The van der Waals surface area contributed by atoms with E-state index in [4.69, 9.17) is 10.7 Å². The minimum Gasteiger partial charge on any atom is -0.369 e. The van der Waals surface area contributed by atoms with Crippen molar-refractivity contribution in [2.45, 2.75) is 71.5 Å². The van der Waals surface area contributed by atoms with Gasteiger partial charge in [0.25, 0.3) is 0 Å². The van der Waals surface area contributed by atoms with Crippen LogP contribution in [-0.2, 0) is 17.9 Å². The standard InChI is InChI=1S/C24H39N5O.HI/c1-3-26-24(28-22-11-9-18(2)10-12-22)27-15-19-6-4-7-20(14-19)16-29-13-5-8-21(17-29)23(25)30;/h4,6-7,14,18,21-22H,3,5,8-13,15-17H2,1-2H3,(H2,25,30)(H2,26,27,28);1H. The number of aliphatic imine (C=N–C) groups is 1. The number of nitrogens with one attached hydrogen (secondary N) is 2. The second-order valence-corrected chi connectivity index (χ2v) is 9.09. The first-order valence-corrected chi connectivity index (χ1v) is 11.7. The smallest absolute Gasteiger partial charge is 0.221 e. The van der Waals surface area contributed by atoms with Crippen molar-refractivity contribution in [3.63, 3.8) is 0 Å². The van der Waals surface area contributed by atoms with E-state index in [1.807, 2.05) is 0 Å². The van der Waals surface area contributed by atoms with Crippen molar-refractivity contribution in [1.29, 1.82) is 0 Å². The van der Waals surface area contributed by atoms with E-state index in [9.17, 15) is 4.79 Å². The Morgan fingerprint density at radius 1 is 1.19 bits per heavy atom. The molecule has 6 nitrogen and oxygen atoms in total. The van der Waals surface area contributed by atoms with Crippen LogP contribution in [0.15, 0.2) is 29.3 Å². The van der Waals surface area contributed by atoms with Gasteiger partial charge in [0.2, 0.25) is 5.91 Å². The van der Waals surface area contributed by atoms with Crippen LogP contribution in [0, 0.1) is 11.8 Å². The zero-order valence-corrected chi connectivity index (χ0v) is 21.4. The van der Waals surface area contributed by atoms with E-state index in [1.54, 1.807) is 0 Å². The van der Waals surface area contributed by atoms with Crippen LogP contribution in [0.1, 0.15) is 63.5 Å². The molecule has 3 rings (SSSR count). The van der Waals surface area contributed by atoms with Crippen LogP contribution < -0.4 is 16.4 Å². The lowest BCUT2D eigenvalue weighted by Gasteiger charge is -2.31. The molecule has 174 valence electrons. The zero-order chi connectivity index (χ0) is 21.3. The van der Waals surface area contributed by atoms with Crippen LogP contribution in [0.3, 0.4) is 0 Å². The quantitative estimate of drug-likeness (QED) is 0.280. The van der Waals surface area contributed by atoms with E-state index in [-0.39, 0.29) is 35.8 Å².